The molecule has 2 rings (SSSR count). The van der Waals surface area contributed by atoms with Gasteiger partial charge in [-0.25, -0.2) is 9.18 Å². The number of amides is 2. The average Bonchev–Trinajstić information content (AvgIpc) is 2.46. The molecule has 0 radical (unpaired) electrons. The number of nitrogens with zero attached hydrogens (tertiary/aromatic N) is 1. The summed E-state index contributed by atoms with van der Waals surface area (Å²) in [4.78, 5) is 14.0. The van der Waals surface area contributed by atoms with Gasteiger partial charge in [-0.2, -0.15) is 0 Å². The van der Waals surface area contributed by atoms with Crippen LogP contribution in [0.1, 0.15) is 24.8 Å². The molecule has 0 aliphatic carbocycles. The largest absolute Gasteiger partial charge is 0.337 e. The van der Waals surface area contributed by atoms with Crippen molar-refractivity contribution in [1.82, 2.24) is 15.5 Å². The summed E-state index contributed by atoms with van der Waals surface area (Å²) in [6.45, 7) is 4.15. The molecule has 110 valence electrons. The fraction of sp³-hybridized carbons (Fsp3) is 0.533. The number of rotatable bonds is 5. The minimum Gasteiger partial charge on any atom is -0.337 e. The Morgan fingerprint density at radius 3 is 2.75 bits per heavy atom. The second-order valence-corrected chi connectivity index (χ2v) is 5.14. The van der Waals surface area contributed by atoms with E-state index in [0.29, 0.717) is 13.1 Å². The first kappa shape index (κ1) is 14.8. The summed E-state index contributed by atoms with van der Waals surface area (Å²) >= 11 is 0. The molecule has 0 aromatic heterocycles. The lowest BCUT2D eigenvalue weighted by molar-refractivity contribution is 0.220. The number of urea groups is 1. The molecule has 0 atom stereocenters. The quantitative estimate of drug-likeness (QED) is 0.867. The molecular weight excluding hydrogens is 257 g/mol. The van der Waals surface area contributed by atoms with E-state index in [1.165, 1.54) is 31.4 Å². The Morgan fingerprint density at radius 1 is 1.20 bits per heavy atom. The number of piperidine rings is 1. The third kappa shape index (κ3) is 5.17. The van der Waals surface area contributed by atoms with Crippen molar-refractivity contribution in [2.75, 3.05) is 26.2 Å². The zero-order chi connectivity index (χ0) is 14.2. The average molecular weight is 279 g/mol. The highest BCUT2D eigenvalue weighted by Crippen LogP contribution is 2.07. The van der Waals surface area contributed by atoms with Gasteiger partial charge < -0.3 is 15.5 Å². The van der Waals surface area contributed by atoms with Crippen molar-refractivity contribution < 1.29 is 9.18 Å². The van der Waals surface area contributed by atoms with E-state index in [1.54, 1.807) is 12.1 Å². The van der Waals surface area contributed by atoms with Gasteiger partial charge in [0.1, 0.15) is 5.82 Å². The molecular formula is C15H22FN3O. The normalized spacial score (nSPS) is 15.8. The van der Waals surface area contributed by atoms with Crippen LogP contribution in [0.2, 0.25) is 0 Å². The zero-order valence-corrected chi connectivity index (χ0v) is 11.7. The zero-order valence-electron chi connectivity index (χ0n) is 11.7. The maximum Gasteiger partial charge on any atom is 0.315 e. The van der Waals surface area contributed by atoms with Crippen LogP contribution in [0.25, 0.3) is 0 Å². The molecule has 1 aromatic rings. The van der Waals surface area contributed by atoms with E-state index < -0.39 is 0 Å². The fourth-order valence-corrected chi connectivity index (χ4v) is 2.40. The van der Waals surface area contributed by atoms with Gasteiger partial charge in [0, 0.05) is 19.6 Å². The van der Waals surface area contributed by atoms with Crippen LogP contribution in [0, 0.1) is 5.82 Å². The third-order valence-corrected chi connectivity index (χ3v) is 3.50. The summed E-state index contributed by atoms with van der Waals surface area (Å²) in [5.74, 6) is -0.283. The fourth-order valence-electron chi connectivity index (χ4n) is 2.40. The maximum absolute atomic E-state index is 13.0. The Hall–Kier alpha value is -1.62. The lowest BCUT2D eigenvalue weighted by Crippen LogP contribution is -2.41. The van der Waals surface area contributed by atoms with E-state index in [9.17, 15) is 9.18 Å². The van der Waals surface area contributed by atoms with Crippen molar-refractivity contribution in [3.63, 3.8) is 0 Å². The monoisotopic (exact) mass is 279 g/mol. The smallest absolute Gasteiger partial charge is 0.315 e. The van der Waals surface area contributed by atoms with Crippen LogP contribution in [0.3, 0.4) is 0 Å². The molecule has 4 nitrogen and oxygen atoms in total. The van der Waals surface area contributed by atoms with Crippen LogP contribution < -0.4 is 10.6 Å². The molecule has 1 saturated heterocycles. The molecule has 1 aromatic carbocycles. The van der Waals surface area contributed by atoms with Crippen LogP contribution in [-0.4, -0.2) is 37.1 Å². The van der Waals surface area contributed by atoms with Gasteiger partial charge >= 0.3 is 6.03 Å². The van der Waals surface area contributed by atoms with Gasteiger partial charge in [0.05, 0.1) is 0 Å². The lowest BCUT2D eigenvalue weighted by Gasteiger charge is -2.26. The highest BCUT2D eigenvalue weighted by molar-refractivity contribution is 5.73. The molecule has 0 unspecified atom stereocenters. The molecule has 5 heteroatoms. The molecule has 1 aliphatic heterocycles. The number of hydrogen-bond acceptors (Lipinski definition) is 2. The number of hydrogen-bond donors (Lipinski definition) is 2. The Kier molecular flexibility index (Phi) is 5.80. The van der Waals surface area contributed by atoms with Gasteiger partial charge in [0.2, 0.25) is 0 Å². The summed E-state index contributed by atoms with van der Waals surface area (Å²) in [5, 5.41) is 5.56. The van der Waals surface area contributed by atoms with Crippen molar-refractivity contribution in [3.05, 3.63) is 35.6 Å². The van der Waals surface area contributed by atoms with Crippen molar-refractivity contribution >= 4 is 6.03 Å². The second kappa shape index (κ2) is 7.85. The van der Waals surface area contributed by atoms with Gasteiger partial charge in [-0.3, -0.25) is 0 Å². The first-order valence-corrected chi connectivity index (χ1v) is 7.22. The molecule has 2 amide bonds. The van der Waals surface area contributed by atoms with Gasteiger partial charge in [-0.1, -0.05) is 18.6 Å². The minimum absolute atomic E-state index is 0.203. The van der Waals surface area contributed by atoms with Crippen LogP contribution in [0.4, 0.5) is 9.18 Å². The summed E-state index contributed by atoms with van der Waals surface area (Å²) < 4.78 is 13.0. The molecule has 20 heavy (non-hydrogen) atoms. The Balaban J connectivity index is 1.60. The van der Waals surface area contributed by atoms with Crippen LogP contribution in [-0.2, 0) is 6.54 Å². The van der Waals surface area contributed by atoms with Gasteiger partial charge in [-0.05, 0) is 43.6 Å². The third-order valence-electron chi connectivity index (χ3n) is 3.50. The van der Waals surface area contributed by atoms with E-state index in [2.05, 4.69) is 15.5 Å². The summed E-state index contributed by atoms with van der Waals surface area (Å²) in [6.07, 6.45) is 3.83. The first-order chi connectivity index (χ1) is 9.74. The minimum atomic E-state index is -0.283. The van der Waals surface area contributed by atoms with E-state index in [1.807, 2.05) is 0 Å². The van der Waals surface area contributed by atoms with E-state index in [4.69, 9.17) is 0 Å². The standard InChI is InChI=1S/C15H22FN3O/c16-14-6-4-5-13(11-14)12-18-15(20)17-7-10-19-8-2-1-3-9-19/h4-6,11H,1-3,7-10,12H2,(H2,17,18,20). The number of likely N-dealkylation sites (tertiary alicyclic amines) is 1. The van der Waals surface area contributed by atoms with Gasteiger partial charge in [0.15, 0.2) is 0 Å². The molecule has 0 saturated carbocycles. The van der Waals surface area contributed by atoms with Crippen molar-refractivity contribution in [3.8, 4) is 0 Å². The van der Waals surface area contributed by atoms with Crippen molar-refractivity contribution in [2.45, 2.75) is 25.8 Å². The molecule has 0 spiro atoms. The highest BCUT2D eigenvalue weighted by atomic mass is 19.1. The number of benzene rings is 1. The van der Waals surface area contributed by atoms with Crippen LogP contribution in [0.15, 0.2) is 24.3 Å². The number of halogens is 1. The van der Waals surface area contributed by atoms with Crippen LogP contribution >= 0.6 is 0 Å². The predicted octanol–water partition coefficient (Wildman–Crippen LogP) is 2.11. The number of carbonyl (C=O) groups is 1. The highest BCUT2D eigenvalue weighted by Gasteiger charge is 2.09. The van der Waals surface area contributed by atoms with Gasteiger partial charge in [0.25, 0.3) is 0 Å². The molecule has 1 aliphatic rings. The maximum atomic E-state index is 13.0. The molecule has 1 heterocycles. The first-order valence-electron chi connectivity index (χ1n) is 7.22. The second-order valence-electron chi connectivity index (χ2n) is 5.14. The molecule has 1 fully saturated rings. The van der Waals surface area contributed by atoms with E-state index >= 15 is 0 Å². The Labute approximate surface area is 119 Å². The van der Waals surface area contributed by atoms with Crippen LogP contribution in [0.5, 0.6) is 0 Å². The number of carbonyl (C=O) groups excluding carboxylic acids is 1. The summed E-state index contributed by atoms with van der Waals surface area (Å²) in [7, 11) is 0. The summed E-state index contributed by atoms with van der Waals surface area (Å²) in [5.41, 5.74) is 0.760. The lowest BCUT2D eigenvalue weighted by atomic mass is 10.1. The Morgan fingerprint density at radius 2 is 2.00 bits per heavy atom. The summed E-state index contributed by atoms with van der Waals surface area (Å²) in [6, 6.07) is 6.04. The molecule has 2 N–H and O–H groups in total. The van der Waals surface area contributed by atoms with Crippen molar-refractivity contribution in [2.24, 2.45) is 0 Å². The van der Waals surface area contributed by atoms with Crippen molar-refractivity contribution in [1.29, 1.82) is 0 Å². The van der Waals surface area contributed by atoms with E-state index in [-0.39, 0.29) is 11.8 Å². The predicted molar refractivity (Wildman–Crippen MR) is 76.9 cm³/mol. The SMILES string of the molecule is O=C(NCCN1CCCCC1)NCc1cccc(F)c1. The topological polar surface area (TPSA) is 44.4 Å². The molecule has 0 bridgehead atoms. The van der Waals surface area contributed by atoms with E-state index in [0.717, 1.165) is 25.2 Å². The number of nitrogens with one attached hydrogen (secondary N) is 2. The Bertz CT molecular complexity index is 433. The van der Waals surface area contributed by atoms with Gasteiger partial charge in [-0.15, -0.1) is 0 Å².